The molecular formula is C14H25NO5. The average molecular weight is 288 g/mol. The van der Waals surface area contributed by atoms with Crippen molar-refractivity contribution in [1.82, 2.24) is 4.90 Å². The van der Waals surface area contributed by atoms with Crippen LogP contribution in [-0.4, -0.2) is 53.4 Å². The van der Waals surface area contributed by atoms with Crippen molar-refractivity contribution in [3.05, 3.63) is 0 Å². The maximum absolute atomic E-state index is 12.2. The number of nitrogens with zero attached hydrogens (tertiary/aromatic N) is 1. The van der Waals surface area contributed by atoms with Crippen LogP contribution in [-0.2, 0) is 14.3 Å². The number of hydrogen-bond acceptors (Lipinski definition) is 5. The van der Waals surface area contributed by atoms with Gasteiger partial charge in [0, 0.05) is 6.42 Å². The fraction of sp³-hybridized carbons (Fsp3) is 0.857. The highest BCUT2D eigenvalue weighted by Gasteiger charge is 2.42. The number of carbonyl (C=O) groups excluding carboxylic acids is 2. The quantitative estimate of drug-likeness (QED) is 0.783. The minimum absolute atomic E-state index is 0.141. The summed E-state index contributed by atoms with van der Waals surface area (Å²) in [4.78, 5) is 25.7. The molecule has 6 heteroatoms. The van der Waals surface area contributed by atoms with Crippen LogP contribution >= 0.6 is 0 Å². The number of aliphatic hydroxyl groups is 1. The topological polar surface area (TPSA) is 76.1 Å². The molecule has 1 fully saturated rings. The molecule has 0 aromatic heterocycles. The number of aliphatic hydroxyl groups excluding tert-OH is 1. The molecule has 0 aliphatic carbocycles. The van der Waals surface area contributed by atoms with Gasteiger partial charge in [-0.05, 0) is 41.5 Å². The van der Waals surface area contributed by atoms with E-state index in [0.717, 1.165) is 0 Å². The Morgan fingerprint density at radius 2 is 1.70 bits per heavy atom. The average Bonchev–Trinajstić information content (AvgIpc) is 2.68. The lowest BCUT2D eigenvalue weighted by molar-refractivity contribution is -0.160. The summed E-state index contributed by atoms with van der Waals surface area (Å²) in [5, 5.41) is 4.52. The van der Waals surface area contributed by atoms with Gasteiger partial charge < -0.3 is 14.6 Å². The molecule has 1 aliphatic heterocycles. The molecule has 1 aliphatic rings. The van der Waals surface area contributed by atoms with Crippen LogP contribution in [0.5, 0.6) is 0 Å². The minimum atomic E-state index is -0.783. The molecule has 0 saturated carbocycles. The van der Waals surface area contributed by atoms with Gasteiger partial charge in [-0.3, -0.25) is 4.90 Å². The summed E-state index contributed by atoms with van der Waals surface area (Å²) in [7, 11) is 0. The molecule has 116 valence electrons. The Hall–Kier alpha value is -1.30. The second kappa shape index (κ2) is 5.60. The first kappa shape index (κ1) is 15.1. The van der Waals surface area contributed by atoms with Gasteiger partial charge in [-0.15, -0.1) is 0 Å². The number of ether oxygens (including phenoxy) is 2. The third-order valence-corrected chi connectivity index (χ3v) is 2.57. The molecule has 1 amide bonds. The van der Waals surface area contributed by atoms with Crippen LogP contribution in [0.1, 0.15) is 48.0 Å². The molecule has 1 rings (SSSR count). The molecule has 6 nitrogen and oxygen atoms in total. The van der Waals surface area contributed by atoms with Gasteiger partial charge in [0.2, 0.25) is 1.43 Å². The van der Waals surface area contributed by atoms with Crippen LogP contribution in [0.4, 0.5) is 4.79 Å². The number of β-amino-alcohol motifs (C(OH)–C–C–N with tert-alkyl or cyclic N) is 1. The van der Waals surface area contributed by atoms with E-state index in [1.807, 2.05) is 0 Å². The summed E-state index contributed by atoms with van der Waals surface area (Å²) in [6.07, 6.45) is -0.884. The normalized spacial score (nSPS) is 24.3. The molecule has 2 atom stereocenters. The molecule has 0 spiro atoms. The van der Waals surface area contributed by atoms with Gasteiger partial charge in [0.1, 0.15) is 17.2 Å². The van der Waals surface area contributed by atoms with Crippen LogP contribution in [0.25, 0.3) is 0 Å². The van der Waals surface area contributed by atoms with Crippen molar-refractivity contribution in [2.75, 3.05) is 6.54 Å². The Kier molecular flexibility index (Phi) is 4.22. The van der Waals surface area contributed by atoms with E-state index in [4.69, 9.17) is 10.9 Å². The monoisotopic (exact) mass is 288 g/mol. The molecule has 0 aromatic carbocycles. The summed E-state index contributed by atoms with van der Waals surface area (Å²) in [6, 6.07) is -0.783. The standard InChI is InChI=1S/C14H25NO5/c1-13(2,3)19-11(17)10-7-9(16)8-15(10)12(18)20-14(4,5)6/h9-10,16H,7-8H2,1-6H3/t9-,10-/m0/s1/i16D. The largest absolute Gasteiger partial charge is 0.458 e. The molecule has 0 bridgehead atoms. The van der Waals surface area contributed by atoms with Gasteiger partial charge in [0.15, 0.2) is 0 Å². The lowest BCUT2D eigenvalue weighted by Gasteiger charge is -2.29. The summed E-state index contributed by atoms with van der Waals surface area (Å²) in [5.74, 6) is -0.507. The minimum Gasteiger partial charge on any atom is -0.458 e. The molecule has 1 saturated heterocycles. The summed E-state index contributed by atoms with van der Waals surface area (Å²) < 4.78 is 17.6. The Morgan fingerprint density at radius 1 is 1.15 bits per heavy atom. The Bertz CT molecular complexity index is 363. The highest BCUT2D eigenvalue weighted by molar-refractivity contribution is 5.82. The summed E-state index contributed by atoms with van der Waals surface area (Å²) in [5.41, 5.74) is -1.30. The number of rotatable bonds is 2. The molecule has 1 N–H and O–H groups in total. The van der Waals surface area contributed by atoms with Crippen molar-refractivity contribution >= 4 is 12.1 Å². The predicted molar refractivity (Wildman–Crippen MR) is 73.2 cm³/mol. The van der Waals surface area contributed by atoms with Gasteiger partial charge in [-0.25, -0.2) is 9.59 Å². The van der Waals surface area contributed by atoms with Crippen LogP contribution < -0.4 is 0 Å². The molecule has 0 radical (unpaired) electrons. The van der Waals surface area contributed by atoms with Crippen molar-refractivity contribution in [2.45, 2.75) is 71.3 Å². The van der Waals surface area contributed by atoms with Crippen molar-refractivity contribution < 1.29 is 24.2 Å². The zero-order valence-electron chi connectivity index (χ0n) is 14.1. The molecular weight excluding hydrogens is 262 g/mol. The molecule has 0 unspecified atom stereocenters. The predicted octanol–water partition coefficient (Wildman–Crippen LogP) is 1.70. The Morgan fingerprint density at radius 3 is 2.15 bits per heavy atom. The van der Waals surface area contributed by atoms with Crippen LogP contribution in [0.3, 0.4) is 0 Å². The maximum Gasteiger partial charge on any atom is 0.411 e. The first-order valence-electron chi connectivity index (χ1n) is 7.18. The van der Waals surface area contributed by atoms with E-state index in [1.54, 1.807) is 41.5 Å². The van der Waals surface area contributed by atoms with E-state index in [2.05, 4.69) is 5.11 Å². The lowest BCUT2D eigenvalue weighted by Crippen LogP contribution is -2.45. The van der Waals surface area contributed by atoms with Crippen molar-refractivity contribution in [2.24, 2.45) is 0 Å². The van der Waals surface area contributed by atoms with E-state index >= 15 is 0 Å². The van der Waals surface area contributed by atoms with E-state index in [-0.39, 0.29) is 13.0 Å². The fourth-order valence-electron chi connectivity index (χ4n) is 1.91. The van der Waals surface area contributed by atoms with Crippen molar-refractivity contribution in [3.8, 4) is 0 Å². The maximum atomic E-state index is 12.2. The highest BCUT2D eigenvalue weighted by atomic mass is 16.6. The van der Waals surface area contributed by atoms with Gasteiger partial charge in [-0.2, -0.15) is 0 Å². The van der Waals surface area contributed by atoms with Crippen molar-refractivity contribution in [3.63, 3.8) is 0 Å². The smallest absolute Gasteiger partial charge is 0.411 e. The number of hydrogen-bond donors (Lipinski definition) is 1. The first-order chi connectivity index (χ1) is 9.43. The lowest BCUT2D eigenvalue weighted by atomic mass is 10.1. The van der Waals surface area contributed by atoms with Crippen LogP contribution in [0.15, 0.2) is 0 Å². The Balaban J connectivity index is 2.83. The first-order valence-corrected chi connectivity index (χ1v) is 6.77. The van der Waals surface area contributed by atoms with Gasteiger partial charge in [-0.1, -0.05) is 0 Å². The van der Waals surface area contributed by atoms with Crippen LogP contribution in [0, 0.1) is 0 Å². The Labute approximate surface area is 121 Å². The van der Waals surface area contributed by atoms with Gasteiger partial charge >= 0.3 is 12.1 Å². The zero-order valence-corrected chi connectivity index (χ0v) is 13.1. The number of amides is 1. The van der Waals surface area contributed by atoms with E-state index in [0.29, 0.717) is 0 Å². The van der Waals surface area contributed by atoms with Crippen LogP contribution in [0.2, 0.25) is 0 Å². The second-order valence-corrected chi connectivity index (χ2v) is 7.04. The summed E-state index contributed by atoms with van der Waals surface area (Å²) in [6.45, 7) is 10.7. The molecule has 20 heavy (non-hydrogen) atoms. The van der Waals surface area contributed by atoms with Gasteiger partial charge in [0.05, 0.1) is 12.6 Å². The third kappa shape index (κ3) is 5.00. The van der Waals surface area contributed by atoms with E-state index in [9.17, 15) is 9.59 Å². The number of likely N-dealkylation sites (tertiary alicyclic amines) is 1. The van der Waals surface area contributed by atoms with E-state index < -0.39 is 35.4 Å². The molecule has 1 heterocycles. The zero-order chi connectivity index (χ0) is 16.4. The third-order valence-electron chi connectivity index (χ3n) is 2.57. The second-order valence-electron chi connectivity index (χ2n) is 7.04. The number of esters is 1. The SMILES string of the molecule is [2H]O[C@H]1C[C@@H](C(=O)OC(C)(C)C)N(C(=O)OC(C)(C)C)C1. The fourth-order valence-corrected chi connectivity index (χ4v) is 1.91. The van der Waals surface area contributed by atoms with E-state index in [1.165, 1.54) is 4.90 Å². The highest BCUT2D eigenvalue weighted by Crippen LogP contribution is 2.24. The van der Waals surface area contributed by atoms with Gasteiger partial charge in [0.25, 0.3) is 0 Å². The van der Waals surface area contributed by atoms with Crippen molar-refractivity contribution in [1.29, 1.82) is 1.43 Å². The molecule has 0 aromatic rings. The summed E-state index contributed by atoms with van der Waals surface area (Å²) >= 11 is 0. The number of carbonyl (C=O) groups is 2.